The van der Waals surface area contributed by atoms with Crippen LogP contribution in [0.25, 0.3) is 0 Å². The van der Waals surface area contributed by atoms with Gasteiger partial charge in [-0.2, -0.15) is 0 Å². The van der Waals surface area contributed by atoms with Gasteiger partial charge in [-0.25, -0.2) is 0 Å². The maximum absolute atomic E-state index is 13.3. The molecule has 2 heterocycles. The number of carbonyl (C=O) groups excluding carboxylic acids is 2. The van der Waals surface area contributed by atoms with Crippen LogP contribution < -0.4 is 10.6 Å². The molecule has 1 aliphatic carbocycles. The van der Waals surface area contributed by atoms with Crippen molar-refractivity contribution >= 4 is 17.4 Å². The number of Topliss-reactive ketones (excluding diaryl/α,β-unsaturated/α-hetero) is 1. The van der Waals surface area contributed by atoms with Gasteiger partial charge in [0.15, 0.2) is 5.78 Å². The molecule has 148 valence electrons. The van der Waals surface area contributed by atoms with Crippen molar-refractivity contribution in [3.63, 3.8) is 0 Å². The standard InChI is InChI=1S/C24H25N3O2/c1-15-20(23(29)27-17-10-7-11-25-14-17)21(16-8-5-4-6-9-16)22-18(26-15)12-24(2,3)13-19(22)28/h4-11,14,21,26H,12-13H2,1-3H3,(H,27,29)/t21-/m0/s1. The van der Waals surface area contributed by atoms with E-state index < -0.39 is 0 Å². The van der Waals surface area contributed by atoms with Gasteiger partial charge in [0.25, 0.3) is 5.91 Å². The first-order chi connectivity index (χ1) is 13.9. The minimum atomic E-state index is -0.382. The summed E-state index contributed by atoms with van der Waals surface area (Å²) in [7, 11) is 0. The average molecular weight is 387 g/mol. The predicted octanol–water partition coefficient (Wildman–Crippen LogP) is 4.32. The monoisotopic (exact) mass is 387 g/mol. The van der Waals surface area contributed by atoms with E-state index >= 15 is 0 Å². The van der Waals surface area contributed by atoms with Gasteiger partial charge in [0.2, 0.25) is 0 Å². The lowest BCUT2D eigenvalue weighted by Crippen LogP contribution is -2.39. The Balaban J connectivity index is 1.80. The van der Waals surface area contributed by atoms with E-state index in [2.05, 4.69) is 29.5 Å². The summed E-state index contributed by atoms with van der Waals surface area (Å²) < 4.78 is 0. The van der Waals surface area contributed by atoms with E-state index in [0.29, 0.717) is 17.7 Å². The number of hydrogen-bond donors (Lipinski definition) is 2. The van der Waals surface area contributed by atoms with Crippen LogP contribution in [0.15, 0.2) is 77.4 Å². The Kier molecular flexibility index (Phi) is 4.82. The van der Waals surface area contributed by atoms with E-state index in [1.54, 1.807) is 24.5 Å². The number of amides is 1. The molecule has 2 aliphatic rings. The zero-order valence-electron chi connectivity index (χ0n) is 17.0. The minimum absolute atomic E-state index is 0.0973. The average Bonchev–Trinajstić information content (AvgIpc) is 2.67. The molecule has 0 unspecified atom stereocenters. The van der Waals surface area contributed by atoms with E-state index in [0.717, 1.165) is 29.0 Å². The largest absolute Gasteiger partial charge is 0.362 e. The third-order valence-electron chi connectivity index (χ3n) is 5.54. The number of ketones is 1. The van der Waals surface area contributed by atoms with Crippen LogP contribution in [-0.2, 0) is 9.59 Å². The molecule has 0 bridgehead atoms. The Labute approximate surface area is 170 Å². The number of allylic oxidation sites excluding steroid dienone is 3. The zero-order chi connectivity index (χ0) is 20.6. The molecule has 0 fully saturated rings. The molecule has 1 aliphatic heterocycles. The van der Waals surface area contributed by atoms with E-state index in [4.69, 9.17) is 0 Å². The van der Waals surface area contributed by atoms with Crippen molar-refractivity contribution in [1.82, 2.24) is 10.3 Å². The van der Waals surface area contributed by atoms with Crippen molar-refractivity contribution in [2.75, 3.05) is 5.32 Å². The third kappa shape index (κ3) is 3.73. The summed E-state index contributed by atoms with van der Waals surface area (Å²) in [4.78, 5) is 30.6. The molecule has 1 aromatic heterocycles. The molecule has 0 radical (unpaired) electrons. The van der Waals surface area contributed by atoms with Gasteiger partial charge in [0.1, 0.15) is 0 Å². The van der Waals surface area contributed by atoms with Gasteiger partial charge in [-0.05, 0) is 36.5 Å². The number of benzene rings is 1. The van der Waals surface area contributed by atoms with Crippen molar-refractivity contribution in [2.24, 2.45) is 5.41 Å². The maximum Gasteiger partial charge on any atom is 0.254 e. The molecule has 2 N–H and O–H groups in total. The molecular weight excluding hydrogens is 362 g/mol. The van der Waals surface area contributed by atoms with E-state index in [-0.39, 0.29) is 23.0 Å². The van der Waals surface area contributed by atoms with Crippen molar-refractivity contribution in [2.45, 2.75) is 39.5 Å². The number of nitrogens with one attached hydrogen (secondary N) is 2. The van der Waals surface area contributed by atoms with Gasteiger partial charge in [0, 0.05) is 41.1 Å². The molecule has 0 spiro atoms. The molecular formula is C24H25N3O2. The smallest absolute Gasteiger partial charge is 0.254 e. The lowest BCUT2D eigenvalue weighted by atomic mass is 9.68. The number of hydrogen-bond acceptors (Lipinski definition) is 4. The first kappa shape index (κ1) is 19.1. The number of pyridine rings is 1. The molecule has 1 aromatic carbocycles. The third-order valence-corrected chi connectivity index (χ3v) is 5.54. The first-order valence-corrected chi connectivity index (χ1v) is 9.86. The minimum Gasteiger partial charge on any atom is -0.362 e. The summed E-state index contributed by atoms with van der Waals surface area (Å²) in [5, 5.41) is 6.32. The molecule has 1 atom stereocenters. The normalized spacial score (nSPS) is 20.8. The lowest BCUT2D eigenvalue weighted by Gasteiger charge is -2.39. The molecule has 0 saturated heterocycles. The highest BCUT2D eigenvalue weighted by molar-refractivity contribution is 6.09. The zero-order valence-corrected chi connectivity index (χ0v) is 17.0. The summed E-state index contributed by atoms with van der Waals surface area (Å²) in [6, 6.07) is 13.4. The molecule has 5 heteroatoms. The van der Waals surface area contributed by atoms with Gasteiger partial charge in [-0.3, -0.25) is 14.6 Å². The first-order valence-electron chi connectivity index (χ1n) is 9.86. The van der Waals surface area contributed by atoms with Crippen LogP contribution in [0.5, 0.6) is 0 Å². The van der Waals surface area contributed by atoms with Gasteiger partial charge in [0.05, 0.1) is 11.9 Å². The quantitative estimate of drug-likeness (QED) is 0.823. The van der Waals surface area contributed by atoms with Crippen molar-refractivity contribution in [1.29, 1.82) is 0 Å². The molecule has 2 aromatic rings. The Hall–Kier alpha value is -3.21. The van der Waals surface area contributed by atoms with Crippen LogP contribution >= 0.6 is 0 Å². The second kappa shape index (κ2) is 7.32. The van der Waals surface area contributed by atoms with Crippen LogP contribution in [0.2, 0.25) is 0 Å². The molecule has 0 saturated carbocycles. The number of nitrogens with zero attached hydrogens (tertiary/aromatic N) is 1. The predicted molar refractivity (Wildman–Crippen MR) is 113 cm³/mol. The lowest BCUT2D eigenvalue weighted by molar-refractivity contribution is -0.118. The summed E-state index contributed by atoms with van der Waals surface area (Å²) >= 11 is 0. The van der Waals surface area contributed by atoms with Crippen LogP contribution in [0.4, 0.5) is 5.69 Å². The SMILES string of the molecule is CC1=C(C(=O)Nc2cccnc2)[C@H](c2ccccc2)C2=C(CC(C)(C)CC2=O)N1. The van der Waals surface area contributed by atoms with Gasteiger partial charge >= 0.3 is 0 Å². The molecule has 4 rings (SSSR count). The Morgan fingerprint density at radius 1 is 1.14 bits per heavy atom. The van der Waals surface area contributed by atoms with Crippen LogP contribution in [0, 0.1) is 5.41 Å². The summed E-state index contributed by atoms with van der Waals surface area (Å²) in [5.74, 6) is -0.495. The van der Waals surface area contributed by atoms with Gasteiger partial charge in [-0.15, -0.1) is 0 Å². The summed E-state index contributed by atoms with van der Waals surface area (Å²) in [6.45, 7) is 6.12. The second-order valence-corrected chi connectivity index (χ2v) is 8.54. The number of anilines is 1. The Bertz CT molecular complexity index is 1020. The number of dihydropyridines is 1. The molecule has 29 heavy (non-hydrogen) atoms. The second-order valence-electron chi connectivity index (χ2n) is 8.54. The fourth-order valence-electron chi connectivity index (χ4n) is 4.35. The summed E-state index contributed by atoms with van der Waals surface area (Å²) in [5.41, 5.74) is 4.50. The van der Waals surface area contributed by atoms with E-state index in [1.807, 2.05) is 37.3 Å². The molecule has 1 amide bonds. The topological polar surface area (TPSA) is 71.1 Å². The van der Waals surface area contributed by atoms with Crippen LogP contribution in [0.1, 0.15) is 45.1 Å². The van der Waals surface area contributed by atoms with Crippen LogP contribution in [0.3, 0.4) is 0 Å². The van der Waals surface area contributed by atoms with E-state index in [1.165, 1.54) is 0 Å². The Morgan fingerprint density at radius 3 is 2.59 bits per heavy atom. The van der Waals surface area contributed by atoms with Crippen LogP contribution in [-0.4, -0.2) is 16.7 Å². The Morgan fingerprint density at radius 2 is 1.90 bits per heavy atom. The maximum atomic E-state index is 13.3. The van der Waals surface area contributed by atoms with Crippen molar-refractivity contribution < 1.29 is 9.59 Å². The number of aromatic nitrogens is 1. The van der Waals surface area contributed by atoms with Crippen molar-refractivity contribution in [3.8, 4) is 0 Å². The highest BCUT2D eigenvalue weighted by Gasteiger charge is 2.42. The van der Waals surface area contributed by atoms with E-state index in [9.17, 15) is 9.59 Å². The molecule has 5 nitrogen and oxygen atoms in total. The highest BCUT2D eigenvalue weighted by Crippen LogP contribution is 2.46. The van der Waals surface area contributed by atoms with Gasteiger partial charge < -0.3 is 10.6 Å². The fourth-order valence-corrected chi connectivity index (χ4v) is 4.35. The van der Waals surface area contributed by atoms with Crippen molar-refractivity contribution in [3.05, 3.63) is 83.0 Å². The fraction of sp³-hybridized carbons (Fsp3) is 0.292. The number of carbonyl (C=O) groups is 2. The number of rotatable bonds is 3. The highest BCUT2D eigenvalue weighted by atomic mass is 16.2. The van der Waals surface area contributed by atoms with Gasteiger partial charge in [-0.1, -0.05) is 44.2 Å². The summed E-state index contributed by atoms with van der Waals surface area (Å²) in [6.07, 6.45) is 4.54.